The number of hydrogen-bond donors (Lipinski definition) is 0. The molecule has 0 bridgehead atoms. The summed E-state index contributed by atoms with van der Waals surface area (Å²) in [5, 5.41) is 0. The molecule has 0 radical (unpaired) electrons. The summed E-state index contributed by atoms with van der Waals surface area (Å²) in [4.78, 5) is 38.9. The molecule has 2 amide bonds. The first-order valence-corrected chi connectivity index (χ1v) is 8.87. The van der Waals surface area contributed by atoms with Gasteiger partial charge in [-0.15, -0.1) is 0 Å². The highest BCUT2D eigenvalue weighted by Crippen LogP contribution is 2.26. The van der Waals surface area contributed by atoms with E-state index in [2.05, 4.69) is 4.74 Å². The molecule has 0 aliphatic rings. The molecule has 0 aliphatic heterocycles. The van der Waals surface area contributed by atoms with Crippen LogP contribution < -0.4 is 0 Å². The maximum absolute atomic E-state index is 12.9. The van der Waals surface area contributed by atoms with Crippen molar-refractivity contribution in [3.8, 4) is 0 Å². The van der Waals surface area contributed by atoms with Crippen LogP contribution in [0.3, 0.4) is 0 Å². The third-order valence-electron chi connectivity index (χ3n) is 3.84. The zero-order chi connectivity index (χ0) is 22.4. The van der Waals surface area contributed by atoms with E-state index in [-0.39, 0.29) is 12.3 Å². The molecule has 0 aliphatic carbocycles. The zero-order valence-corrected chi connectivity index (χ0v) is 17.7. The van der Waals surface area contributed by atoms with Crippen LogP contribution in [0.4, 0.5) is 18.0 Å². The van der Waals surface area contributed by atoms with Crippen LogP contribution in [-0.2, 0) is 19.1 Å². The number of likely N-dealkylation sites (N-methyl/N-ethyl adjacent to an activating group) is 2. The Morgan fingerprint density at radius 3 is 1.82 bits per heavy atom. The lowest BCUT2D eigenvalue weighted by Crippen LogP contribution is -2.54. The van der Waals surface area contributed by atoms with E-state index in [4.69, 9.17) is 4.74 Å². The first-order valence-electron chi connectivity index (χ1n) is 8.87. The number of methoxy groups -OCH3 is 1. The minimum atomic E-state index is -4.68. The summed E-state index contributed by atoms with van der Waals surface area (Å²) in [6.45, 7) is 8.57. The highest BCUT2D eigenvalue weighted by Gasteiger charge is 2.42. The molecule has 7 nitrogen and oxygen atoms in total. The van der Waals surface area contributed by atoms with Crippen molar-refractivity contribution in [3.63, 3.8) is 0 Å². The number of rotatable bonds is 7. The maximum Gasteiger partial charge on any atom is 0.410 e. The van der Waals surface area contributed by atoms with Crippen LogP contribution in [0.25, 0.3) is 0 Å². The van der Waals surface area contributed by atoms with Crippen molar-refractivity contribution in [2.75, 3.05) is 21.2 Å². The van der Waals surface area contributed by atoms with Gasteiger partial charge in [0.2, 0.25) is 5.91 Å². The minimum Gasteiger partial charge on any atom is -0.467 e. The number of carbonyl (C=O) groups is 3. The van der Waals surface area contributed by atoms with Gasteiger partial charge in [-0.3, -0.25) is 9.69 Å². The molecular weight excluding hydrogens is 381 g/mol. The molecule has 2 atom stereocenters. The Kier molecular flexibility index (Phi) is 9.26. The summed E-state index contributed by atoms with van der Waals surface area (Å²) in [6.07, 6.45) is -6.84. The molecule has 0 spiro atoms. The lowest BCUT2D eigenvalue weighted by Gasteiger charge is -2.35. The number of ether oxygens (including phenoxy) is 2. The Morgan fingerprint density at radius 2 is 1.46 bits per heavy atom. The molecule has 1 unspecified atom stereocenters. The van der Waals surface area contributed by atoms with Crippen molar-refractivity contribution in [3.05, 3.63) is 0 Å². The van der Waals surface area contributed by atoms with Gasteiger partial charge in [-0.05, 0) is 33.1 Å². The smallest absolute Gasteiger partial charge is 0.410 e. The second-order valence-electron chi connectivity index (χ2n) is 8.04. The van der Waals surface area contributed by atoms with Gasteiger partial charge in [-0.1, -0.05) is 13.8 Å². The lowest BCUT2D eigenvalue weighted by molar-refractivity contribution is -0.172. The first kappa shape index (κ1) is 26.0. The summed E-state index contributed by atoms with van der Waals surface area (Å²) >= 11 is 0. The molecule has 0 aromatic heterocycles. The molecule has 10 heteroatoms. The van der Waals surface area contributed by atoms with Crippen molar-refractivity contribution in [1.82, 2.24) is 9.80 Å². The molecule has 0 aromatic rings. The van der Waals surface area contributed by atoms with Gasteiger partial charge < -0.3 is 14.4 Å². The Labute approximate surface area is 164 Å². The van der Waals surface area contributed by atoms with E-state index < -0.39 is 48.3 Å². The monoisotopic (exact) mass is 412 g/mol. The molecule has 0 N–H and O–H groups in total. The van der Waals surface area contributed by atoms with Crippen molar-refractivity contribution in [1.29, 1.82) is 0 Å². The van der Waals surface area contributed by atoms with E-state index in [0.29, 0.717) is 4.90 Å². The van der Waals surface area contributed by atoms with Gasteiger partial charge in [0.05, 0.1) is 13.5 Å². The third-order valence-corrected chi connectivity index (χ3v) is 3.84. The van der Waals surface area contributed by atoms with Crippen LogP contribution in [0.2, 0.25) is 0 Å². The predicted octanol–water partition coefficient (Wildman–Crippen LogP) is 3.22. The molecule has 0 fully saturated rings. The van der Waals surface area contributed by atoms with Crippen LogP contribution in [0.1, 0.15) is 47.5 Å². The second-order valence-corrected chi connectivity index (χ2v) is 8.04. The largest absolute Gasteiger partial charge is 0.467 e. The van der Waals surface area contributed by atoms with Gasteiger partial charge in [0.1, 0.15) is 17.7 Å². The summed E-state index contributed by atoms with van der Waals surface area (Å²) in [5.41, 5.74) is -0.812. The summed E-state index contributed by atoms with van der Waals surface area (Å²) in [7, 11) is 3.37. The standard InChI is InChI=1S/C18H31F3N2O5/c1-11(2)9-12(23(7)16(26)28-17(3,4)5)14(24)22(6)13(15(25)27-8)10-18(19,20)21/h11-13H,9-10H2,1-8H3/t12-,13?/m0/s1. The molecule has 0 saturated heterocycles. The lowest BCUT2D eigenvalue weighted by atomic mass is 10.0. The minimum absolute atomic E-state index is 0.0496. The van der Waals surface area contributed by atoms with Crippen LogP contribution in [0, 0.1) is 5.92 Å². The van der Waals surface area contributed by atoms with E-state index in [0.717, 1.165) is 19.1 Å². The molecule has 0 saturated carbocycles. The topological polar surface area (TPSA) is 76.2 Å². The van der Waals surface area contributed by atoms with Crippen LogP contribution >= 0.6 is 0 Å². The average Bonchev–Trinajstić information content (AvgIpc) is 2.52. The number of hydrogen-bond acceptors (Lipinski definition) is 5. The summed E-state index contributed by atoms with van der Waals surface area (Å²) in [5.74, 6) is -2.04. The molecular formula is C18H31F3N2O5. The van der Waals surface area contributed by atoms with E-state index in [9.17, 15) is 27.6 Å². The van der Waals surface area contributed by atoms with Crippen molar-refractivity contribution >= 4 is 18.0 Å². The highest BCUT2D eigenvalue weighted by atomic mass is 19.4. The number of alkyl halides is 3. The van der Waals surface area contributed by atoms with E-state index in [1.807, 2.05) is 0 Å². The van der Waals surface area contributed by atoms with E-state index in [1.165, 1.54) is 7.05 Å². The fourth-order valence-corrected chi connectivity index (χ4v) is 2.45. The second kappa shape index (κ2) is 9.97. The molecule has 164 valence electrons. The normalized spacial score (nSPS) is 14.3. The van der Waals surface area contributed by atoms with Gasteiger partial charge in [-0.2, -0.15) is 13.2 Å². The van der Waals surface area contributed by atoms with Gasteiger partial charge in [-0.25, -0.2) is 9.59 Å². The number of esters is 1. The molecule has 0 heterocycles. The maximum atomic E-state index is 12.9. The van der Waals surface area contributed by atoms with Gasteiger partial charge in [0.25, 0.3) is 0 Å². The average molecular weight is 412 g/mol. The van der Waals surface area contributed by atoms with Gasteiger partial charge in [0, 0.05) is 14.1 Å². The third kappa shape index (κ3) is 8.79. The Balaban J connectivity index is 5.72. The van der Waals surface area contributed by atoms with E-state index in [1.54, 1.807) is 34.6 Å². The van der Waals surface area contributed by atoms with Crippen molar-refractivity contribution < 1.29 is 37.0 Å². The fourth-order valence-electron chi connectivity index (χ4n) is 2.45. The first-order chi connectivity index (χ1) is 12.5. The Bertz CT molecular complexity index is 558. The van der Waals surface area contributed by atoms with Gasteiger partial charge in [0.15, 0.2) is 0 Å². The fraction of sp³-hybridized carbons (Fsp3) is 0.833. The molecule has 0 aromatic carbocycles. The molecule has 0 rings (SSSR count). The van der Waals surface area contributed by atoms with Crippen LogP contribution in [-0.4, -0.2) is 72.8 Å². The Morgan fingerprint density at radius 1 is 0.964 bits per heavy atom. The van der Waals surface area contributed by atoms with Gasteiger partial charge >= 0.3 is 18.2 Å². The predicted molar refractivity (Wildman–Crippen MR) is 96.5 cm³/mol. The number of amides is 2. The summed E-state index contributed by atoms with van der Waals surface area (Å²) < 4.78 is 48.3. The van der Waals surface area contributed by atoms with Crippen LogP contribution in [0.5, 0.6) is 0 Å². The Hall–Kier alpha value is -2.00. The number of nitrogens with zero attached hydrogens (tertiary/aromatic N) is 2. The number of halogens is 3. The van der Waals surface area contributed by atoms with E-state index >= 15 is 0 Å². The van der Waals surface area contributed by atoms with Crippen LogP contribution in [0.15, 0.2) is 0 Å². The quantitative estimate of drug-likeness (QED) is 0.600. The SMILES string of the molecule is COC(=O)C(CC(F)(F)F)N(C)C(=O)[C@H](CC(C)C)N(C)C(=O)OC(C)(C)C. The van der Waals surface area contributed by atoms with Crippen molar-refractivity contribution in [2.45, 2.75) is 71.3 Å². The summed E-state index contributed by atoms with van der Waals surface area (Å²) in [6, 6.07) is -2.94. The molecule has 28 heavy (non-hydrogen) atoms. The van der Waals surface area contributed by atoms with Crippen molar-refractivity contribution in [2.24, 2.45) is 5.92 Å². The zero-order valence-electron chi connectivity index (χ0n) is 17.7. The number of carbonyl (C=O) groups excluding carboxylic acids is 3. The highest BCUT2D eigenvalue weighted by molar-refractivity contribution is 5.89.